The van der Waals surface area contributed by atoms with Crippen LogP contribution in [-0.4, -0.2) is 0 Å². The van der Waals surface area contributed by atoms with Crippen molar-refractivity contribution in [3.63, 3.8) is 0 Å². The topological polar surface area (TPSA) is 0 Å². The molecule has 2 atom stereocenters. The van der Waals surface area contributed by atoms with Crippen molar-refractivity contribution in [2.45, 2.75) is 25.7 Å². The normalized spacial score (nSPS) is 33.3. The van der Waals surface area contributed by atoms with Crippen molar-refractivity contribution < 1.29 is 0 Å². The lowest BCUT2D eigenvalue weighted by atomic mass is 9.90. The number of allylic oxidation sites excluding steroid dienone is 12. The van der Waals surface area contributed by atoms with E-state index in [-0.39, 0.29) is 0 Å². The summed E-state index contributed by atoms with van der Waals surface area (Å²) >= 11 is 0. The highest BCUT2D eigenvalue weighted by Crippen LogP contribution is 2.21. The Morgan fingerprint density at radius 2 is 0.889 bits per heavy atom. The van der Waals surface area contributed by atoms with Gasteiger partial charge in [-0.05, 0) is 25.7 Å². The quantitative estimate of drug-likeness (QED) is 0.555. The minimum Gasteiger partial charge on any atom is -0.0876 e. The lowest BCUT2D eigenvalue weighted by molar-refractivity contribution is 0.671. The Kier molecular flexibility index (Phi) is 5.52. The molecular formula is C18H22. The van der Waals surface area contributed by atoms with Gasteiger partial charge in [-0.1, -0.05) is 72.9 Å². The average Bonchev–Trinajstić information content (AvgIpc) is 2.61. The van der Waals surface area contributed by atoms with Gasteiger partial charge in [0, 0.05) is 11.8 Å². The van der Waals surface area contributed by atoms with Crippen LogP contribution in [0.1, 0.15) is 25.7 Å². The van der Waals surface area contributed by atoms with Crippen LogP contribution in [0.3, 0.4) is 0 Å². The number of rotatable bonds is 1. The zero-order valence-corrected chi connectivity index (χ0v) is 10.9. The first-order valence-electron chi connectivity index (χ1n) is 6.97. The minimum absolute atomic E-state index is 0.478. The molecule has 0 aliphatic heterocycles. The highest BCUT2D eigenvalue weighted by molar-refractivity contribution is 5.20. The molecule has 0 heteroatoms. The third-order valence-corrected chi connectivity index (χ3v) is 3.32. The van der Waals surface area contributed by atoms with Gasteiger partial charge in [-0.25, -0.2) is 0 Å². The first kappa shape index (κ1) is 12.9. The predicted molar refractivity (Wildman–Crippen MR) is 80.3 cm³/mol. The van der Waals surface area contributed by atoms with Crippen LogP contribution in [0, 0.1) is 11.8 Å². The molecule has 0 amide bonds. The first-order chi connectivity index (χ1) is 8.97. The van der Waals surface area contributed by atoms with Crippen molar-refractivity contribution in [1.29, 1.82) is 0 Å². The smallest absolute Gasteiger partial charge is 0.00473 e. The highest BCUT2D eigenvalue weighted by Gasteiger charge is 2.10. The summed E-state index contributed by atoms with van der Waals surface area (Å²) in [4.78, 5) is 0. The van der Waals surface area contributed by atoms with Crippen molar-refractivity contribution in [2.24, 2.45) is 11.8 Å². The zero-order chi connectivity index (χ0) is 12.5. The largest absolute Gasteiger partial charge is 0.0876 e. The Balaban J connectivity index is 2.15. The van der Waals surface area contributed by atoms with Crippen LogP contribution in [0.15, 0.2) is 72.9 Å². The summed E-state index contributed by atoms with van der Waals surface area (Å²) < 4.78 is 0. The Morgan fingerprint density at radius 1 is 0.444 bits per heavy atom. The summed E-state index contributed by atoms with van der Waals surface area (Å²) in [5.41, 5.74) is 0. The molecule has 0 spiro atoms. The highest BCUT2D eigenvalue weighted by atomic mass is 14.1. The molecule has 0 saturated carbocycles. The molecule has 2 rings (SSSR count). The maximum Gasteiger partial charge on any atom is 0.00473 e. The molecule has 2 aliphatic carbocycles. The second-order valence-electron chi connectivity index (χ2n) is 4.79. The fourth-order valence-corrected chi connectivity index (χ4v) is 2.27. The van der Waals surface area contributed by atoms with Crippen molar-refractivity contribution in [3.8, 4) is 0 Å². The summed E-state index contributed by atoms with van der Waals surface area (Å²) in [6, 6.07) is 0. The SMILES string of the molecule is C1=CCC/C=C\[C@H]([C@H]2C=CCC/C=C\C=C/2)C=C1. The molecule has 0 saturated heterocycles. The minimum atomic E-state index is 0.478. The van der Waals surface area contributed by atoms with Gasteiger partial charge in [0.1, 0.15) is 0 Å². The van der Waals surface area contributed by atoms with Crippen molar-refractivity contribution in [3.05, 3.63) is 72.9 Å². The third kappa shape index (κ3) is 4.37. The second kappa shape index (κ2) is 7.71. The van der Waals surface area contributed by atoms with E-state index in [1.807, 2.05) is 0 Å². The molecule has 0 aromatic carbocycles. The van der Waals surface area contributed by atoms with E-state index in [9.17, 15) is 0 Å². The molecule has 0 bridgehead atoms. The molecule has 0 nitrogen and oxygen atoms in total. The Morgan fingerprint density at radius 3 is 1.39 bits per heavy atom. The predicted octanol–water partition coefficient (Wildman–Crippen LogP) is 5.14. The summed E-state index contributed by atoms with van der Waals surface area (Å²) in [6.07, 6.45) is 31.7. The fourth-order valence-electron chi connectivity index (χ4n) is 2.27. The summed E-state index contributed by atoms with van der Waals surface area (Å²) in [5, 5.41) is 0. The van der Waals surface area contributed by atoms with Crippen LogP contribution < -0.4 is 0 Å². The van der Waals surface area contributed by atoms with Gasteiger partial charge in [0.15, 0.2) is 0 Å². The molecule has 18 heavy (non-hydrogen) atoms. The van der Waals surface area contributed by atoms with E-state index in [0.29, 0.717) is 11.8 Å². The van der Waals surface area contributed by atoms with Crippen LogP contribution in [0.2, 0.25) is 0 Å². The van der Waals surface area contributed by atoms with Gasteiger partial charge in [0.05, 0.1) is 0 Å². The first-order valence-corrected chi connectivity index (χ1v) is 6.97. The van der Waals surface area contributed by atoms with Crippen LogP contribution in [0.5, 0.6) is 0 Å². The van der Waals surface area contributed by atoms with Gasteiger partial charge in [-0.2, -0.15) is 0 Å². The van der Waals surface area contributed by atoms with E-state index in [1.165, 1.54) is 0 Å². The van der Waals surface area contributed by atoms with E-state index in [1.54, 1.807) is 0 Å². The van der Waals surface area contributed by atoms with Crippen LogP contribution in [0.4, 0.5) is 0 Å². The van der Waals surface area contributed by atoms with E-state index in [0.717, 1.165) is 25.7 Å². The van der Waals surface area contributed by atoms with Gasteiger partial charge in [-0.3, -0.25) is 0 Å². The van der Waals surface area contributed by atoms with Crippen molar-refractivity contribution >= 4 is 0 Å². The summed E-state index contributed by atoms with van der Waals surface area (Å²) in [5.74, 6) is 0.957. The zero-order valence-electron chi connectivity index (χ0n) is 10.9. The monoisotopic (exact) mass is 238 g/mol. The second-order valence-corrected chi connectivity index (χ2v) is 4.79. The molecule has 2 aliphatic rings. The fraction of sp³-hybridized carbons (Fsp3) is 0.333. The molecule has 0 unspecified atom stereocenters. The number of hydrogen-bond donors (Lipinski definition) is 0. The van der Waals surface area contributed by atoms with Gasteiger partial charge in [0.25, 0.3) is 0 Å². The number of hydrogen-bond acceptors (Lipinski definition) is 0. The molecule has 0 aromatic rings. The summed E-state index contributed by atoms with van der Waals surface area (Å²) in [6.45, 7) is 0. The van der Waals surface area contributed by atoms with Crippen molar-refractivity contribution in [1.82, 2.24) is 0 Å². The van der Waals surface area contributed by atoms with Gasteiger partial charge < -0.3 is 0 Å². The molecule has 0 heterocycles. The average molecular weight is 238 g/mol. The van der Waals surface area contributed by atoms with Crippen LogP contribution >= 0.6 is 0 Å². The molecular weight excluding hydrogens is 216 g/mol. The summed E-state index contributed by atoms with van der Waals surface area (Å²) in [7, 11) is 0. The molecule has 94 valence electrons. The van der Waals surface area contributed by atoms with E-state index < -0.39 is 0 Å². The molecule has 0 radical (unpaired) electrons. The third-order valence-electron chi connectivity index (χ3n) is 3.32. The van der Waals surface area contributed by atoms with Gasteiger partial charge in [0.2, 0.25) is 0 Å². The van der Waals surface area contributed by atoms with Crippen molar-refractivity contribution in [2.75, 3.05) is 0 Å². The van der Waals surface area contributed by atoms with Gasteiger partial charge >= 0.3 is 0 Å². The van der Waals surface area contributed by atoms with E-state index in [2.05, 4.69) is 72.9 Å². The Hall–Kier alpha value is -1.56. The van der Waals surface area contributed by atoms with Gasteiger partial charge in [-0.15, -0.1) is 0 Å². The molecule has 0 N–H and O–H groups in total. The molecule has 0 fully saturated rings. The maximum atomic E-state index is 2.35. The molecule has 0 aromatic heterocycles. The Bertz CT molecular complexity index is 362. The van der Waals surface area contributed by atoms with Crippen LogP contribution in [0.25, 0.3) is 0 Å². The van der Waals surface area contributed by atoms with E-state index in [4.69, 9.17) is 0 Å². The maximum absolute atomic E-state index is 2.35. The van der Waals surface area contributed by atoms with E-state index >= 15 is 0 Å². The standard InChI is InChI=1S/C18H22/c1-2-6-10-14-17(13-9-5-1)18-15-11-7-3-4-8-12-16-18/h1,3,5,7,9-18H,2,4,6,8H2/b5-1-,7-3?,13-9-,14-10?,15-11?,16-12-/t17-,18-/m1/s1. The lowest BCUT2D eigenvalue weighted by Crippen LogP contribution is -2.05. The lowest BCUT2D eigenvalue weighted by Gasteiger charge is -2.14. The Labute approximate surface area is 111 Å². The van der Waals surface area contributed by atoms with Crippen LogP contribution in [-0.2, 0) is 0 Å².